The maximum absolute atomic E-state index is 13.0. The highest BCUT2D eigenvalue weighted by Gasteiger charge is 2.36. The van der Waals surface area contributed by atoms with Crippen LogP contribution in [0.3, 0.4) is 0 Å². The van der Waals surface area contributed by atoms with Gasteiger partial charge in [0.2, 0.25) is 0 Å². The van der Waals surface area contributed by atoms with E-state index < -0.39 is 0 Å². The zero-order valence-corrected chi connectivity index (χ0v) is 16.4. The Labute approximate surface area is 166 Å². The SMILES string of the molecule is Cc1ccc2c(c1)[C@H]1CN(CCCC(=O)c3ccc(F)cc3)CC[C@H]1N2.Cl. The number of nitrogens with zero attached hydrogens (tertiary/aromatic N) is 1. The third-order valence-electron chi connectivity index (χ3n) is 5.69. The van der Waals surface area contributed by atoms with E-state index in [0.29, 0.717) is 23.9 Å². The van der Waals surface area contributed by atoms with E-state index >= 15 is 0 Å². The zero-order valence-electron chi connectivity index (χ0n) is 15.6. The van der Waals surface area contributed by atoms with Gasteiger partial charge in [0, 0.05) is 42.7 Å². The molecule has 2 aromatic rings. The number of hydrogen-bond acceptors (Lipinski definition) is 3. The summed E-state index contributed by atoms with van der Waals surface area (Å²) in [5.74, 6) is 0.347. The van der Waals surface area contributed by atoms with E-state index in [1.807, 2.05) is 0 Å². The van der Waals surface area contributed by atoms with Crippen molar-refractivity contribution in [2.24, 2.45) is 0 Å². The number of ketones is 1. The number of halogens is 2. The van der Waals surface area contributed by atoms with Gasteiger partial charge < -0.3 is 10.2 Å². The summed E-state index contributed by atoms with van der Waals surface area (Å²) in [6.45, 7) is 5.22. The first-order valence-electron chi connectivity index (χ1n) is 9.48. The second-order valence-corrected chi connectivity index (χ2v) is 7.57. The van der Waals surface area contributed by atoms with Crippen molar-refractivity contribution >= 4 is 23.9 Å². The number of nitrogens with one attached hydrogen (secondary N) is 1. The van der Waals surface area contributed by atoms with Gasteiger partial charge in [-0.2, -0.15) is 0 Å². The number of carbonyl (C=O) groups excluding carboxylic acids is 1. The average molecular weight is 389 g/mol. The molecule has 144 valence electrons. The molecule has 0 spiro atoms. The van der Waals surface area contributed by atoms with Crippen LogP contribution in [0.1, 0.15) is 46.7 Å². The molecule has 1 N–H and O–H groups in total. The summed E-state index contributed by atoms with van der Waals surface area (Å²) in [4.78, 5) is 14.7. The molecule has 0 radical (unpaired) electrons. The molecular formula is C22H26ClFN2O. The normalized spacial score (nSPS) is 21.0. The molecule has 27 heavy (non-hydrogen) atoms. The third-order valence-corrected chi connectivity index (χ3v) is 5.69. The lowest BCUT2D eigenvalue weighted by Crippen LogP contribution is -2.42. The lowest BCUT2D eigenvalue weighted by molar-refractivity contribution is 0.0971. The van der Waals surface area contributed by atoms with E-state index in [9.17, 15) is 9.18 Å². The molecule has 4 rings (SSSR count). The fraction of sp³-hybridized carbons (Fsp3) is 0.409. The molecule has 0 aromatic heterocycles. The second-order valence-electron chi connectivity index (χ2n) is 7.57. The Hall–Kier alpha value is -1.91. The summed E-state index contributed by atoms with van der Waals surface area (Å²) >= 11 is 0. The van der Waals surface area contributed by atoms with Crippen molar-refractivity contribution in [1.29, 1.82) is 0 Å². The first-order valence-corrected chi connectivity index (χ1v) is 9.48. The van der Waals surface area contributed by atoms with Gasteiger partial charge in [-0.1, -0.05) is 17.7 Å². The molecule has 0 saturated carbocycles. The quantitative estimate of drug-likeness (QED) is 0.746. The number of benzene rings is 2. The summed E-state index contributed by atoms with van der Waals surface area (Å²) in [6, 6.07) is 13.1. The van der Waals surface area contributed by atoms with Crippen LogP contribution < -0.4 is 5.32 Å². The molecule has 3 nitrogen and oxygen atoms in total. The number of Topliss-reactive ketones (excluding diaryl/α,β-unsaturated/α-hetero) is 1. The number of anilines is 1. The third kappa shape index (κ3) is 4.33. The Morgan fingerprint density at radius 3 is 2.78 bits per heavy atom. The fourth-order valence-corrected chi connectivity index (χ4v) is 4.27. The van der Waals surface area contributed by atoms with E-state index in [2.05, 4.69) is 35.3 Å². The van der Waals surface area contributed by atoms with Gasteiger partial charge in [0.25, 0.3) is 0 Å². The molecule has 2 aromatic carbocycles. The summed E-state index contributed by atoms with van der Waals surface area (Å²) < 4.78 is 13.0. The Balaban J connectivity index is 0.00000210. The standard InChI is InChI=1S/C22H25FN2O.ClH/c1-15-4-9-20-18(13-15)19-14-25(12-10-21(19)24-20)11-2-3-22(26)16-5-7-17(23)8-6-16;/h4-9,13,19,21,24H,2-3,10-12,14H2,1H3;1H/t19-,21-;/m1./s1. The van der Waals surface area contributed by atoms with Crippen LogP contribution in [0.2, 0.25) is 0 Å². The van der Waals surface area contributed by atoms with Crippen LogP contribution in [0.5, 0.6) is 0 Å². The molecule has 2 aliphatic heterocycles. The molecule has 0 amide bonds. The molecule has 0 aliphatic carbocycles. The predicted molar refractivity (Wildman–Crippen MR) is 110 cm³/mol. The number of likely N-dealkylation sites (tertiary alicyclic amines) is 1. The topological polar surface area (TPSA) is 32.3 Å². The highest BCUT2D eigenvalue weighted by atomic mass is 35.5. The van der Waals surface area contributed by atoms with E-state index in [0.717, 1.165) is 32.5 Å². The Morgan fingerprint density at radius 2 is 2.00 bits per heavy atom. The van der Waals surface area contributed by atoms with Gasteiger partial charge in [-0.15, -0.1) is 12.4 Å². The molecule has 0 bridgehead atoms. The molecular weight excluding hydrogens is 363 g/mol. The van der Waals surface area contributed by atoms with Crippen molar-refractivity contribution in [3.63, 3.8) is 0 Å². The second kappa shape index (κ2) is 8.41. The van der Waals surface area contributed by atoms with Crippen LogP contribution in [0.25, 0.3) is 0 Å². The van der Waals surface area contributed by atoms with E-state index in [-0.39, 0.29) is 24.0 Å². The number of fused-ring (bicyclic) bond motifs is 3. The van der Waals surface area contributed by atoms with Crippen molar-refractivity contribution in [2.45, 2.75) is 38.1 Å². The minimum atomic E-state index is -0.301. The molecule has 2 atom stereocenters. The predicted octanol–water partition coefficient (Wildman–Crippen LogP) is 4.80. The lowest BCUT2D eigenvalue weighted by atomic mass is 9.88. The van der Waals surface area contributed by atoms with Crippen LogP contribution in [0.15, 0.2) is 42.5 Å². The molecule has 1 fully saturated rings. The van der Waals surface area contributed by atoms with Gasteiger partial charge in [-0.3, -0.25) is 4.79 Å². The van der Waals surface area contributed by atoms with Crippen LogP contribution in [-0.4, -0.2) is 36.4 Å². The first kappa shape index (κ1) is 19.8. The zero-order chi connectivity index (χ0) is 18.1. The molecule has 5 heteroatoms. The maximum atomic E-state index is 13.0. The Kier molecular flexibility index (Phi) is 6.18. The van der Waals surface area contributed by atoms with Gasteiger partial charge in [-0.05, 0) is 62.2 Å². The average Bonchev–Trinajstić information content (AvgIpc) is 2.99. The van der Waals surface area contributed by atoms with Crippen LogP contribution in [0.4, 0.5) is 10.1 Å². The number of carbonyl (C=O) groups is 1. The van der Waals surface area contributed by atoms with Crippen molar-refractivity contribution in [2.75, 3.05) is 25.0 Å². The summed E-state index contributed by atoms with van der Waals surface area (Å²) in [7, 11) is 0. The number of hydrogen-bond donors (Lipinski definition) is 1. The smallest absolute Gasteiger partial charge is 0.162 e. The van der Waals surface area contributed by atoms with Crippen LogP contribution in [0, 0.1) is 12.7 Å². The van der Waals surface area contributed by atoms with Crippen LogP contribution >= 0.6 is 12.4 Å². The minimum absolute atomic E-state index is 0. The lowest BCUT2D eigenvalue weighted by Gasteiger charge is -2.35. The van der Waals surface area contributed by atoms with Crippen molar-refractivity contribution in [3.05, 3.63) is 65.0 Å². The van der Waals surface area contributed by atoms with E-state index in [4.69, 9.17) is 0 Å². The fourth-order valence-electron chi connectivity index (χ4n) is 4.27. The van der Waals surface area contributed by atoms with Gasteiger partial charge in [-0.25, -0.2) is 4.39 Å². The van der Waals surface area contributed by atoms with E-state index in [1.54, 1.807) is 12.1 Å². The van der Waals surface area contributed by atoms with Gasteiger partial charge in [0.1, 0.15) is 5.82 Å². The van der Waals surface area contributed by atoms with Gasteiger partial charge >= 0.3 is 0 Å². The summed E-state index contributed by atoms with van der Waals surface area (Å²) in [6.07, 6.45) is 2.51. The van der Waals surface area contributed by atoms with Gasteiger partial charge in [0.15, 0.2) is 5.78 Å². The first-order chi connectivity index (χ1) is 12.6. The largest absolute Gasteiger partial charge is 0.381 e. The minimum Gasteiger partial charge on any atom is -0.381 e. The van der Waals surface area contributed by atoms with Crippen molar-refractivity contribution in [1.82, 2.24) is 4.90 Å². The number of piperidine rings is 1. The molecule has 1 saturated heterocycles. The Morgan fingerprint density at radius 1 is 1.22 bits per heavy atom. The summed E-state index contributed by atoms with van der Waals surface area (Å²) in [5, 5.41) is 3.67. The highest BCUT2D eigenvalue weighted by Crippen LogP contribution is 2.40. The Bertz CT molecular complexity index is 808. The van der Waals surface area contributed by atoms with Crippen LogP contribution in [-0.2, 0) is 0 Å². The number of aryl methyl sites for hydroxylation is 1. The number of rotatable bonds is 5. The van der Waals surface area contributed by atoms with Gasteiger partial charge in [0.05, 0.1) is 0 Å². The van der Waals surface area contributed by atoms with E-state index in [1.165, 1.54) is 28.9 Å². The maximum Gasteiger partial charge on any atom is 0.162 e. The summed E-state index contributed by atoms with van der Waals surface area (Å²) in [5.41, 5.74) is 4.66. The monoisotopic (exact) mass is 388 g/mol. The molecule has 2 aliphatic rings. The van der Waals surface area contributed by atoms with Crippen molar-refractivity contribution in [3.8, 4) is 0 Å². The molecule has 2 heterocycles. The molecule has 0 unspecified atom stereocenters. The highest BCUT2D eigenvalue weighted by molar-refractivity contribution is 5.95. The van der Waals surface area contributed by atoms with Crippen molar-refractivity contribution < 1.29 is 9.18 Å².